The minimum Gasteiger partial charge on any atom is -0.481 e. The van der Waals surface area contributed by atoms with Gasteiger partial charge in [0.25, 0.3) is 5.91 Å². The average Bonchev–Trinajstić information content (AvgIpc) is 2.68. The highest BCUT2D eigenvalue weighted by Gasteiger charge is 2.19. The van der Waals surface area contributed by atoms with Gasteiger partial charge >= 0.3 is 5.97 Å². The number of ether oxygens (including phenoxy) is 2. The van der Waals surface area contributed by atoms with Gasteiger partial charge in [-0.05, 0) is 61.4 Å². The van der Waals surface area contributed by atoms with Gasteiger partial charge in [-0.15, -0.1) is 0 Å². The van der Waals surface area contributed by atoms with Crippen molar-refractivity contribution in [1.29, 1.82) is 0 Å². The molecule has 1 N–H and O–H groups in total. The first kappa shape index (κ1) is 20.8. The molecule has 0 saturated heterocycles. The summed E-state index contributed by atoms with van der Waals surface area (Å²) >= 11 is 5.85. The normalized spacial score (nSPS) is 11.5. The number of nitrogens with one attached hydrogen (secondary N) is 1. The molecule has 0 unspecified atom stereocenters. The molecule has 0 spiro atoms. The first-order valence-electron chi connectivity index (χ1n) is 9.03. The summed E-state index contributed by atoms with van der Waals surface area (Å²) in [5, 5.41) is 3.41. The Labute approximate surface area is 164 Å². The fourth-order valence-electron chi connectivity index (χ4n) is 2.30. The summed E-state index contributed by atoms with van der Waals surface area (Å²) in [4.78, 5) is 24.4. The van der Waals surface area contributed by atoms with E-state index in [-0.39, 0.29) is 11.9 Å². The van der Waals surface area contributed by atoms with Crippen LogP contribution >= 0.6 is 11.6 Å². The molecule has 5 nitrogen and oxygen atoms in total. The molecule has 2 aromatic carbocycles. The summed E-state index contributed by atoms with van der Waals surface area (Å²) in [6.07, 6.45) is 1.68. The molecule has 0 saturated carbocycles. The predicted octanol–water partition coefficient (Wildman–Crippen LogP) is 5.09. The molecule has 2 aromatic rings. The number of rotatable bonds is 9. The Balaban J connectivity index is 1.93. The molecular formula is C21H24ClNO4. The second-order valence-corrected chi connectivity index (χ2v) is 6.46. The van der Waals surface area contributed by atoms with Crippen molar-refractivity contribution < 1.29 is 19.1 Å². The van der Waals surface area contributed by atoms with E-state index in [1.54, 1.807) is 48.5 Å². The minimum absolute atomic E-state index is 0.259. The first-order chi connectivity index (χ1) is 13.0. The van der Waals surface area contributed by atoms with Crippen molar-refractivity contribution in [2.45, 2.75) is 39.2 Å². The van der Waals surface area contributed by atoms with Crippen molar-refractivity contribution in [3.63, 3.8) is 0 Å². The number of carbonyl (C=O) groups excluding carboxylic acids is 2. The number of benzene rings is 2. The number of halogens is 1. The average molecular weight is 390 g/mol. The van der Waals surface area contributed by atoms with Crippen LogP contribution in [0.3, 0.4) is 0 Å². The van der Waals surface area contributed by atoms with Crippen molar-refractivity contribution in [2.24, 2.45) is 0 Å². The van der Waals surface area contributed by atoms with E-state index in [9.17, 15) is 9.59 Å². The largest absolute Gasteiger partial charge is 0.481 e. The Hall–Kier alpha value is -2.53. The summed E-state index contributed by atoms with van der Waals surface area (Å²) in [7, 11) is 0. The smallest absolute Gasteiger partial charge is 0.338 e. The van der Waals surface area contributed by atoms with E-state index in [1.807, 2.05) is 13.8 Å². The maximum Gasteiger partial charge on any atom is 0.338 e. The third-order valence-electron chi connectivity index (χ3n) is 3.87. The Kier molecular flexibility index (Phi) is 8.14. The summed E-state index contributed by atoms with van der Waals surface area (Å²) in [6, 6.07) is 13.5. The van der Waals surface area contributed by atoms with Crippen molar-refractivity contribution in [2.75, 3.05) is 11.9 Å². The maximum absolute atomic E-state index is 12.5. The monoisotopic (exact) mass is 389 g/mol. The van der Waals surface area contributed by atoms with Gasteiger partial charge in [0.2, 0.25) is 0 Å². The molecule has 6 heteroatoms. The lowest BCUT2D eigenvalue weighted by Gasteiger charge is -2.17. The third-order valence-corrected chi connectivity index (χ3v) is 4.13. The number of unbranched alkanes of at least 4 members (excludes halogenated alkanes) is 1. The molecule has 144 valence electrons. The summed E-state index contributed by atoms with van der Waals surface area (Å²) in [6.45, 7) is 4.31. The molecule has 0 aromatic heterocycles. The minimum atomic E-state index is -0.634. The topological polar surface area (TPSA) is 64.6 Å². The van der Waals surface area contributed by atoms with Crippen LogP contribution in [0.15, 0.2) is 48.5 Å². The number of carbonyl (C=O) groups is 2. The number of esters is 1. The standard InChI is InChI=1S/C21H24ClNO4/c1-3-5-14-26-21(25)15-6-10-17(11-7-15)23-20(24)19(4-2)27-18-12-8-16(22)9-13-18/h6-13,19H,3-5,14H2,1-2H3,(H,23,24)/t19-/m1/s1. The molecule has 0 bridgehead atoms. The molecular weight excluding hydrogens is 366 g/mol. The summed E-state index contributed by atoms with van der Waals surface area (Å²) in [5.74, 6) is -0.0453. The van der Waals surface area contributed by atoms with Crippen LogP contribution in [0.4, 0.5) is 5.69 Å². The Morgan fingerprint density at radius 3 is 2.30 bits per heavy atom. The van der Waals surface area contributed by atoms with Crippen LogP contribution in [0.1, 0.15) is 43.5 Å². The lowest BCUT2D eigenvalue weighted by molar-refractivity contribution is -0.122. The van der Waals surface area contributed by atoms with Crippen LogP contribution < -0.4 is 10.1 Å². The number of hydrogen-bond donors (Lipinski definition) is 1. The van der Waals surface area contributed by atoms with Gasteiger partial charge in [-0.25, -0.2) is 4.79 Å². The van der Waals surface area contributed by atoms with E-state index < -0.39 is 6.10 Å². The molecule has 0 fully saturated rings. The highest BCUT2D eigenvalue weighted by Crippen LogP contribution is 2.19. The molecule has 0 aliphatic carbocycles. The van der Waals surface area contributed by atoms with Crippen LogP contribution in [0.2, 0.25) is 5.02 Å². The maximum atomic E-state index is 12.5. The van der Waals surface area contributed by atoms with Crippen molar-refractivity contribution in [1.82, 2.24) is 0 Å². The van der Waals surface area contributed by atoms with Crippen molar-refractivity contribution in [3.05, 3.63) is 59.1 Å². The fourth-order valence-corrected chi connectivity index (χ4v) is 2.43. The number of hydrogen-bond acceptors (Lipinski definition) is 4. The third kappa shape index (κ3) is 6.61. The number of anilines is 1. The number of amides is 1. The first-order valence-corrected chi connectivity index (χ1v) is 9.41. The Bertz CT molecular complexity index is 744. The fraction of sp³-hybridized carbons (Fsp3) is 0.333. The van der Waals surface area contributed by atoms with Gasteiger partial charge in [-0.1, -0.05) is 31.9 Å². The Morgan fingerprint density at radius 1 is 1.04 bits per heavy atom. The molecule has 0 heterocycles. The van der Waals surface area contributed by atoms with Crippen molar-refractivity contribution >= 4 is 29.2 Å². The lowest BCUT2D eigenvalue weighted by Crippen LogP contribution is -2.32. The molecule has 0 aliphatic heterocycles. The van der Waals surface area contributed by atoms with E-state index in [2.05, 4.69) is 5.32 Å². The molecule has 2 rings (SSSR count). The van der Waals surface area contributed by atoms with Gasteiger partial charge in [0, 0.05) is 10.7 Å². The summed E-state index contributed by atoms with van der Waals surface area (Å²) in [5.41, 5.74) is 1.04. The Morgan fingerprint density at radius 2 is 1.70 bits per heavy atom. The highest BCUT2D eigenvalue weighted by molar-refractivity contribution is 6.30. The van der Waals surface area contributed by atoms with Gasteiger partial charge in [-0.2, -0.15) is 0 Å². The van der Waals surface area contributed by atoms with E-state index >= 15 is 0 Å². The molecule has 27 heavy (non-hydrogen) atoms. The van der Waals surface area contributed by atoms with Gasteiger partial charge in [0.05, 0.1) is 12.2 Å². The van der Waals surface area contributed by atoms with Crippen LogP contribution in [0.5, 0.6) is 5.75 Å². The van der Waals surface area contributed by atoms with E-state index in [0.717, 1.165) is 12.8 Å². The second kappa shape index (κ2) is 10.6. The van der Waals surface area contributed by atoms with E-state index in [0.29, 0.717) is 35.1 Å². The van der Waals surface area contributed by atoms with Crippen LogP contribution in [0.25, 0.3) is 0 Å². The SMILES string of the molecule is CCCCOC(=O)c1ccc(NC(=O)[C@@H](CC)Oc2ccc(Cl)cc2)cc1. The molecule has 0 radical (unpaired) electrons. The van der Waals surface area contributed by atoms with Gasteiger partial charge in [0.1, 0.15) is 5.75 Å². The molecule has 1 amide bonds. The summed E-state index contributed by atoms with van der Waals surface area (Å²) < 4.78 is 10.9. The van der Waals surface area contributed by atoms with Gasteiger partial charge in [-0.3, -0.25) is 4.79 Å². The van der Waals surface area contributed by atoms with Crippen LogP contribution in [-0.2, 0) is 9.53 Å². The zero-order valence-corrected chi connectivity index (χ0v) is 16.3. The van der Waals surface area contributed by atoms with Gasteiger partial charge in [0.15, 0.2) is 6.10 Å². The van der Waals surface area contributed by atoms with Crippen LogP contribution in [0, 0.1) is 0 Å². The van der Waals surface area contributed by atoms with Crippen molar-refractivity contribution in [3.8, 4) is 5.75 Å². The second-order valence-electron chi connectivity index (χ2n) is 6.02. The van der Waals surface area contributed by atoms with E-state index in [4.69, 9.17) is 21.1 Å². The van der Waals surface area contributed by atoms with Crippen LogP contribution in [-0.4, -0.2) is 24.6 Å². The van der Waals surface area contributed by atoms with E-state index in [1.165, 1.54) is 0 Å². The zero-order chi connectivity index (χ0) is 19.6. The lowest BCUT2D eigenvalue weighted by atomic mass is 10.2. The highest BCUT2D eigenvalue weighted by atomic mass is 35.5. The zero-order valence-electron chi connectivity index (χ0n) is 15.5. The predicted molar refractivity (Wildman–Crippen MR) is 106 cm³/mol. The van der Waals surface area contributed by atoms with Gasteiger partial charge < -0.3 is 14.8 Å². The molecule has 1 atom stereocenters. The quantitative estimate of drug-likeness (QED) is 0.479. The molecule has 0 aliphatic rings.